The number of rotatable bonds is 4. The Morgan fingerprint density at radius 3 is 2.85 bits per heavy atom. The second-order valence-electron chi connectivity index (χ2n) is 2.78. The number of unbranched alkanes of at least 4 members (excludes halogenated alkanes) is 1. The summed E-state index contributed by atoms with van der Waals surface area (Å²) in [6.07, 6.45) is 2.43. The number of hydrogen-bond acceptors (Lipinski definition) is 3. The molecule has 0 atom stereocenters. The smallest absolute Gasteiger partial charge is 0.133 e. The molecule has 0 aliphatic rings. The van der Waals surface area contributed by atoms with Crippen LogP contribution in [-0.4, -0.2) is 15.7 Å². The molecule has 0 aromatic carbocycles. The van der Waals surface area contributed by atoms with E-state index in [0.29, 0.717) is 5.15 Å². The van der Waals surface area contributed by atoms with Crippen LogP contribution in [0.5, 0.6) is 0 Å². The molecule has 1 aromatic heterocycles. The van der Waals surface area contributed by atoms with Crippen LogP contribution < -0.4 is 0 Å². The molecule has 0 saturated carbocycles. The van der Waals surface area contributed by atoms with Crippen LogP contribution in [0.3, 0.4) is 0 Å². The summed E-state index contributed by atoms with van der Waals surface area (Å²) in [7, 11) is 0. The zero-order valence-corrected chi connectivity index (χ0v) is 9.45. The van der Waals surface area contributed by atoms with Crippen molar-refractivity contribution in [3.63, 3.8) is 0 Å². The predicted octanol–water partition coefficient (Wildman–Crippen LogP) is 3.33. The second-order valence-corrected chi connectivity index (χ2v) is 4.28. The molecule has 0 bridgehead atoms. The summed E-state index contributed by atoms with van der Waals surface area (Å²) < 4.78 is 0. The van der Waals surface area contributed by atoms with Gasteiger partial charge in [0.15, 0.2) is 0 Å². The average Bonchev–Trinajstić information content (AvgIpc) is 2.03. The molecule has 72 valence electrons. The van der Waals surface area contributed by atoms with Crippen molar-refractivity contribution >= 4 is 23.4 Å². The molecule has 0 aliphatic heterocycles. The molecule has 2 nitrogen and oxygen atoms in total. The molecule has 0 aliphatic carbocycles. The molecular formula is C9H13ClN2S. The van der Waals surface area contributed by atoms with Crippen LogP contribution in [0.2, 0.25) is 5.15 Å². The minimum atomic E-state index is 0.534. The molecule has 0 unspecified atom stereocenters. The maximum atomic E-state index is 5.80. The third-order valence-corrected chi connectivity index (χ3v) is 2.72. The van der Waals surface area contributed by atoms with E-state index in [2.05, 4.69) is 16.9 Å². The molecule has 0 N–H and O–H groups in total. The van der Waals surface area contributed by atoms with Crippen LogP contribution in [-0.2, 0) is 0 Å². The van der Waals surface area contributed by atoms with E-state index < -0.39 is 0 Å². The third kappa shape index (κ3) is 3.96. The number of aryl methyl sites for hydroxylation is 1. The Morgan fingerprint density at radius 1 is 1.46 bits per heavy atom. The molecule has 13 heavy (non-hydrogen) atoms. The highest BCUT2D eigenvalue weighted by molar-refractivity contribution is 7.99. The van der Waals surface area contributed by atoms with E-state index in [9.17, 15) is 0 Å². The number of halogens is 1. The van der Waals surface area contributed by atoms with Crippen molar-refractivity contribution < 1.29 is 0 Å². The summed E-state index contributed by atoms with van der Waals surface area (Å²) in [6, 6.07) is 1.81. The van der Waals surface area contributed by atoms with Gasteiger partial charge in [0.1, 0.15) is 16.0 Å². The van der Waals surface area contributed by atoms with E-state index in [1.54, 1.807) is 11.8 Å². The zero-order valence-electron chi connectivity index (χ0n) is 7.88. The standard InChI is InChI=1S/C9H13ClN2S/c1-3-4-5-13-9-6-8(10)11-7(2)12-9/h6H,3-5H2,1-2H3. The summed E-state index contributed by atoms with van der Waals surface area (Å²) in [5.74, 6) is 1.84. The van der Waals surface area contributed by atoms with Gasteiger partial charge < -0.3 is 0 Å². The first-order valence-corrected chi connectivity index (χ1v) is 5.72. The van der Waals surface area contributed by atoms with Gasteiger partial charge in [-0.1, -0.05) is 24.9 Å². The van der Waals surface area contributed by atoms with Gasteiger partial charge in [0, 0.05) is 6.07 Å². The topological polar surface area (TPSA) is 25.8 Å². The van der Waals surface area contributed by atoms with Crippen LogP contribution in [0, 0.1) is 6.92 Å². The maximum Gasteiger partial charge on any atom is 0.133 e. The largest absolute Gasteiger partial charge is 0.227 e. The molecule has 4 heteroatoms. The van der Waals surface area contributed by atoms with Gasteiger partial charge in [0.05, 0.1) is 0 Å². The first kappa shape index (κ1) is 10.8. The van der Waals surface area contributed by atoms with Crippen molar-refractivity contribution in [2.45, 2.75) is 31.7 Å². The van der Waals surface area contributed by atoms with Gasteiger partial charge in [-0.2, -0.15) is 0 Å². The van der Waals surface area contributed by atoms with Gasteiger partial charge in [-0.3, -0.25) is 0 Å². The predicted molar refractivity (Wildman–Crippen MR) is 57.4 cm³/mol. The Labute approximate surface area is 88.1 Å². The number of thioether (sulfide) groups is 1. The molecule has 1 rings (SSSR count). The van der Waals surface area contributed by atoms with Gasteiger partial charge in [-0.25, -0.2) is 9.97 Å². The SMILES string of the molecule is CCCCSc1cc(Cl)nc(C)n1. The maximum absolute atomic E-state index is 5.80. The lowest BCUT2D eigenvalue weighted by Crippen LogP contribution is -1.90. The van der Waals surface area contributed by atoms with Crippen LogP contribution in [0.1, 0.15) is 25.6 Å². The average molecular weight is 217 g/mol. The van der Waals surface area contributed by atoms with Gasteiger partial charge in [0.25, 0.3) is 0 Å². The fraction of sp³-hybridized carbons (Fsp3) is 0.556. The van der Waals surface area contributed by atoms with Gasteiger partial charge in [-0.15, -0.1) is 11.8 Å². The van der Waals surface area contributed by atoms with E-state index in [1.807, 2.05) is 13.0 Å². The van der Waals surface area contributed by atoms with E-state index in [4.69, 9.17) is 11.6 Å². The van der Waals surface area contributed by atoms with Crippen molar-refractivity contribution in [3.8, 4) is 0 Å². The fourth-order valence-electron chi connectivity index (χ4n) is 0.901. The minimum Gasteiger partial charge on any atom is -0.227 e. The Bertz CT molecular complexity index is 258. The summed E-state index contributed by atoms with van der Waals surface area (Å²) >= 11 is 7.54. The molecule has 1 heterocycles. The normalized spacial score (nSPS) is 10.4. The molecule has 0 fully saturated rings. The highest BCUT2D eigenvalue weighted by Crippen LogP contribution is 2.19. The monoisotopic (exact) mass is 216 g/mol. The Hall–Kier alpha value is -0.280. The lowest BCUT2D eigenvalue weighted by Gasteiger charge is -2.00. The van der Waals surface area contributed by atoms with Crippen LogP contribution >= 0.6 is 23.4 Å². The van der Waals surface area contributed by atoms with Crippen molar-refractivity contribution in [1.82, 2.24) is 9.97 Å². The van der Waals surface area contributed by atoms with Crippen LogP contribution in [0.15, 0.2) is 11.1 Å². The fourth-order valence-corrected chi connectivity index (χ4v) is 2.22. The summed E-state index contributed by atoms with van der Waals surface area (Å²) in [5.41, 5.74) is 0. The highest BCUT2D eigenvalue weighted by Gasteiger charge is 1.99. The lowest BCUT2D eigenvalue weighted by atomic mass is 10.4. The van der Waals surface area contributed by atoms with Gasteiger partial charge in [-0.05, 0) is 19.1 Å². The van der Waals surface area contributed by atoms with Crippen molar-refractivity contribution in [2.75, 3.05) is 5.75 Å². The van der Waals surface area contributed by atoms with E-state index in [0.717, 1.165) is 16.6 Å². The minimum absolute atomic E-state index is 0.534. The van der Waals surface area contributed by atoms with Crippen molar-refractivity contribution in [1.29, 1.82) is 0 Å². The third-order valence-electron chi connectivity index (χ3n) is 1.53. The molecule has 1 aromatic rings. The van der Waals surface area contributed by atoms with Crippen LogP contribution in [0.25, 0.3) is 0 Å². The van der Waals surface area contributed by atoms with E-state index >= 15 is 0 Å². The zero-order chi connectivity index (χ0) is 9.68. The van der Waals surface area contributed by atoms with E-state index in [1.165, 1.54) is 12.8 Å². The Kier molecular flexibility index (Phi) is 4.53. The van der Waals surface area contributed by atoms with E-state index in [-0.39, 0.29) is 0 Å². The number of hydrogen-bond donors (Lipinski definition) is 0. The second kappa shape index (κ2) is 5.45. The molecule has 0 amide bonds. The van der Waals surface area contributed by atoms with Gasteiger partial charge in [0.2, 0.25) is 0 Å². The Balaban J connectivity index is 2.56. The summed E-state index contributed by atoms with van der Waals surface area (Å²) in [6.45, 7) is 4.04. The number of nitrogens with zero attached hydrogens (tertiary/aromatic N) is 2. The molecule has 0 saturated heterocycles. The molecule has 0 spiro atoms. The summed E-state index contributed by atoms with van der Waals surface area (Å²) in [4.78, 5) is 8.28. The Morgan fingerprint density at radius 2 is 2.23 bits per heavy atom. The van der Waals surface area contributed by atoms with Crippen LogP contribution in [0.4, 0.5) is 0 Å². The van der Waals surface area contributed by atoms with Crippen molar-refractivity contribution in [3.05, 3.63) is 17.0 Å². The highest BCUT2D eigenvalue weighted by atomic mass is 35.5. The molecule has 0 radical (unpaired) electrons. The quantitative estimate of drug-likeness (QED) is 0.439. The number of aromatic nitrogens is 2. The molecular weight excluding hydrogens is 204 g/mol. The lowest BCUT2D eigenvalue weighted by molar-refractivity contribution is 0.891. The van der Waals surface area contributed by atoms with Crippen molar-refractivity contribution in [2.24, 2.45) is 0 Å². The first-order chi connectivity index (χ1) is 6.22. The first-order valence-electron chi connectivity index (χ1n) is 4.36. The summed E-state index contributed by atoms with van der Waals surface area (Å²) in [5, 5.41) is 1.51. The van der Waals surface area contributed by atoms with Gasteiger partial charge >= 0.3 is 0 Å².